The summed E-state index contributed by atoms with van der Waals surface area (Å²) < 4.78 is 15.0. The maximum absolute atomic E-state index is 13.2. The molecule has 1 N–H and O–H groups in total. The van der Waals surface area contributed by atoms with Gasteiger partial charge in [0, 0.05) is 12.7 Å². The molecule has 0 aliphatic heterocycles. The van der Waals surface area contributed by atoms with Crippen molar-refractivity contribution < 1.29 is 9.18 Å². The van der Waals surface area contributed by atoms with Crippen LogP contribution in [0, 0.1) is 5.82 Å². The average molecular weight is 313 g/mol. The molecule has 1 aromatic carbocycles. The first-order chi connectivity index (χ1) is 8.68. The number of rotatable bonds is 4. The normalized spacial score (nSPS) is 10.3. The van der Waals surface area contributed by atoms with E-state index in [1.807, 2.05) is 0 Å². The largest absolute Gasteiger partial charge is 0.350 e. The lowest BCUT2D eigenvalue weighted by atomic mass is 10.2. The molecule has 0 atom stereocenters. The summed E-state index contributed by atoms with van der Waals surface area (Å²) in [4.78, 5) is 11.8. The monoisotopic (exact) mass is 312 g/mol. The highest BCUT2D eigenvalue weighted by Crippen LogP contribution is 2.19. The number of nitrogens with zero attached hydrogens (tertiary/aromatic N) is 3. The molecule has 0 saturated heterocycles. The van der Waals surface area contributed by atoms with Crippen LogP contribution in [-0.2, 0) is 6.54 Å². The Labute approximate surface area is 111 Å². The molecule has 0 spiro atoms. The van der Waals surface area contributed by atoms with Crippen LogP contribution >= 0.6 is 15.9 Å². The summed E-state index contributed by atoms with van der Waals surface area (Å²) in [5, 5.41) is 10.1. The third-order valence-electron chi connectivity index (χ3n) is 2.29. The van der Waals surface area contributed by atoms with Crippen LogP contribution in [-0.4, -0.2) is 27.4 Å². The number of hydrogen-bond donors (Lipinski definition) is 1. The molecule has 5 nitrogen and oxygen atoms in total. The number of carbonyl (C=O) groups is 1. The molecule has 18 heavy (non-hydrogen) atoms. The quantitative estimate of drug-likeness (QED) is 0.933. The topological polar surface area (TPSA) is 59.8 Å². The fraction of sp³-hybridized carbons (Fsp3) is 0.182. The number of carbonyl (C=O) groups excluding carboxylic acids is 1. The van der Waals surface area contributed by atoms with Gasteiger partial charge in [0.15, 0.2) is 0 Å². The van der Waals surface area contributed by atoms with Gasteiger partial charge in [-0.2, -0.15) is 0 Å². The van der Waals surface area contributed by atoms with E-state index in [1.54, 1.807) is 23.1 Å². The van der Waals surface area contributed by atoms with Gasteiger partial charge in [0.1, 0.15) is 5.82 Å². The predicted octanol–water partition coefficient (Wildman–Crippen LogP) is 1.61. The van der Waals surface area contributed by atoms with E-state index in [1.165, 1.54) is 12.1 Å². The molecule has 0 fully saturated rings. The lowest BCUT2D eigenvalue weighted by Crippen LogP contribution is -2.27. The summed E-state index contributed by atoms with van der Waals surface area (Å²) in [6.45, 7) is 0.907. The SMILES string of the molecule is O=C(NCCn1ccnn1)c1cccc(F)c1Br. The molecular weight excluding hydrogens is 303 g/mol. The second-order valence-corrected chi connectivity index (χ2v) is 4.32. The second kappa shape index (κ2) is 5.72. The summed E-state index contributed by atoms with van der Waals surface area (Å²) in [6.07, 6.45) is 3.26. The van der Waals surface area contributed by atoms with Gasteiger partial charge in [-0.1, -0.05) is 11.3 Å². The first kappa shape index (κ1) is 12.7. The molecule has 2 rings (SSSR count). The molecule has 1 amide bonds. The number of halogens is 2. The van der Waals surface area contributed by atoms with Crippen molar-refractivity contribution in [1.29, 1.82) is 0 Å². The Hall–Kier alpha value is -1.76. The van der Waals surface area contributed by atoms with Crippen LogP contribution in [0.15, 0.2) is 35.1 Å². The third-order valence-corrected chi connectivity index (χ3v) is 3.10. The highest BCUT2D eigenvalue weighted by atomic mass is 79.9. The first-order valence-electron chi connectivity index (χ1n) is 5.25. The number of nitrogens with one attached hydrogen (secondary N) is 1. The molecular formula is C11H10BrFN4O. The van der Waals surface area contributed by atoms with Crippen molar-refractivity contribution in [1.82, 2.24) is 20.3 Å². The van der Waals surface area contributed by atoms with Crippen molar-refractivity contribution in [3.8, 4) is 0 Å². The number of benzene rings is 1. The predicted molar refractivity (Wildman–Crippen MR) is 66.5 cm³/mol. The number of amides is 1. The lowest BCUT2D eigenvalue weighted by molar-refractivity contribution is 0.0950. The third kappa shape index (κ3) is 2.92. The van der Waals surface area contributed by atoms with Crippen LogP contribution in [0.3, 0.4) is 0 Å². The van der Waals surface area contributed by atoms with E-state index in [9.17, 15) is 9.18 Å². The fourth-order valence-corrected chi connectivity index (χ4v) is 1.85. The van der Waals surface area contributed by atoms with E-state index < -0.39 is 5.82 Å². The smallest absolute Gasteiger partial charge is 0.252 e. The number of hydrogen-bond acceptors (Lipinski definition) is 3. The minimum Gasteiger partial charge on any atom is -0.350 e. The van der Waals surface area contributed by atoms with Crippen LogP contribution < -0.4 is 5.32 Å². The first-order valence-corrected chi connectivity index (χ1v) is 6.04. The molecule has 1 heterocycles. The van der Waals surface area contributed by atoms with Gasteiger partial charge in [0.2, 0.25) is 0 Å². The summed E-state index contributed by atoms with van der Waals surface area (Å²) in [5.41, 5.74) is 0.272. The molecule has 0 aliphatic rings. The second-order valence-electron chi connectivity index (χ2n) is 3.52. The minimum absolute atomic E-state index is 0.170. The molecule has 94 valence electrons. The molecule has 1 aromatic heterocycles. The Morgan fingerprint density at radius 2 is 2.33 bits per heavy atom. The Bertz CT molecular complexity index is 544. The zero-order chi connectivity index (χ0) is 13.0. The van der Waals surface area contributed by atoms with E-state index in [0.717, 1.165) is 0 Å². The maximum atomic E-state index is 13.2. The maximum Gasteiger partial charge on any atom is 0.252 e. The summed E-state index contributed by atoms with van der Waals surface area (Å²) >= 11 is 3.05. The van der Waals surface area contributed by atoms with E-state index in [4.69, 9.17) is 0 Å². The van der Waals surface area contributed by atoms with E-state index in [0.29, 0.717) is 13.1 Å². The van der Waals surface area contributed by atoms with E-state index in [2.05, 4.69) is 31.6 Å². The van der Waals surface area contributed by atoms with Crippen LogP contribution in [0.4, 0.5) is 4.39 Å². The lowest BCUT2D eigenvalue weighted by Gasteiger charge is -2.07. The van der Waals surface area contributed by atoms with Gasteiger partial charge >= 0.3 is 0 Å². The van der Waals surface area contributed by atoms with Crippen LogP contribution in [0.2, 0.25) is 0 Å². The Kier molecular flexibility index (Phi) is 4.03. The van der Waals surface area contributed by atoms with E-state index >= 15 is 0 Å². The van der Waals surface area contributed by atoms with Gasteiger partial charge in [0.05, 0.1) is 22.8 Å². The highest BCUT2D eigenvalue weighted by molar-refractivity contribution is 9.10. The van der Waals surface area contributed by atoms with Gasteiger partial charge in [-0.05, 0) is 28.1 Å². The average Bonchev–Trinajstić information content (AvgIpc) is 2.85. The summed E-state index contributed by atoms with van der Waals surface area (Å²) in [6, 6.07) is 4.33. The number of aromatic nitrogens is 3. The standard InChI is InChI=1S/C11H10BrFN4O/c12-10-8(2-1-3-9(10)13)11(18)14-4-6-17-7-5-15-16-17/h1-3,5,7H,4,6H2,(H,14,18). The molecule has 0 unspecified atom stereocenters. The van der Waals surface area contributed by atoms with Crippen LogP contribution in [0.25, 0.3) is 0 Å². The van der Waals surface area contributed by atoms with Crippen molar-refractivity contribution >= 4 is 21.8 Å². The van der Waals surface area contributed by atoms with Crippen molar-refractivity contribution in [2.45, 2.75) is 6.54 Å². The summed E-state index contributed by atoms with van der Waals surface area (Å²) in [7, 11) is 0. The molecule has 0 aliphatic carbocycles. The molecule has 7 heteroatoms. The van der Waals surface area contributed by atoms with Crippen molar-refractivity contribution in [2.24, 2.45) is 0 Å². The van der Waals surface area contributed by atoms with E-state index in [-0.39, 0.29) is 15.9 Å². The Morgan fingerprint density at radius 3 is 3.06 bits per heavy atom. The Morgan fingerprint density at radius 1 is 1.50 bits per heavy atom. The molecule has 0 saturated carbocycles. The Balaban J connectivity index is 1.93. The van der Waals surface area contributed by atoms with Crippen molar-refractivity contribution in [3.63, 3.8) is 0 Å². The van der Waals surface area contributed by atoms with Crippen molar-refractivity contribution in [3.05, 3.63) is 46.4 Å². The molecule has 0 bridgehead atoms. The van der Waals surface area contributed by atoms with Crippen LogP contribution in [0.5, 0.6) is 0 Å². The summed E-state index contributed by atoms with van der Waals surface area (Å²) in [5.74, 6) is -0.791. The van der Waals surface area contributed by atoms with Gasteiger partial charge in [-0.25, -0.2) is 4.39 Å². The van der Waals surface area contributed by atoms with Gasteiger partial charge in [0.25, 0.3) is 5.91 Å². The van der Waals surface area contributed by atoms with Crippen molar-refractivity contribution in [2.75, 3.05) is 6.54 Å². The molecule has 2 aromatic rings. The van der Waals surface area contributed by atoms with Gasteiger partial charge < -0.3 is 5.32 Å². The molecule has 0 radical (unpaired) electrons. The zero-order valence-electron chi connectivity index (χ0n) is 9.31. The highest BCUT2D eigenvalue weighted by Gasteiger charge is 2.12. The minimum atomic E-state index is -0.459. The fourth-order valence-electron chi connectivity index (χ4n) is 1.41. The van der Waals surface area contributed by atoms with Gasteiger partial charge in [-0.3, -0.25) is 9.48 Å². The van der Waals surface area contributed by atoms with Gasteiger partial charge in [-0.15, -0.1) is 5.10 Å². The van der Waals surface area contributed by atoms with Crippen LogP contribution in [0.1, 0.15) is 10.4 Å². The zero-order valence-corrected chi connectivity index (χ0v) is 10.9.